The molecule has 8 heteroatoms. The molecule has 1 aliphatic carbocycles. The molecule has 0 saturated heterocycles. The number of carboxylic acids is 1. The van der Waals surface area contributed by atoms with Crippen molar-refractivity contribution in [2.45, 2.75) is 44.7 Å². The highest BCUT2D eigenvalue weighted by molar-refractivity contribution is 5.94. The van der Waals surface area contributed by atoms with E-state index in [0.29, 0.717) is 23.7 Å². The van der Waals surface area contributed by atoms with Crippen molar-refractivity contribution in [1.29, 1.82) is 0 Å². The summed E-state index contributed by atoms with van der Waals surface area (Å²) in [5.41, 5.74) is 6.19. The van der Waals surface area contributed by atoms with Crippen LogP contribution in [0.1, 0.15) is 64.4 Å². The van der Waals surface area contributed by atoms with Gasteiger partial charge in [0, 0.05) is 49.2 Å². The van der Waals surface area contributed by atoms with Gasteiger partial charge in [-0.05, 0) is 85.1 Å². The molecule has 1 heterocycles. The highest BCUT2D eigenvalue weighted by Crippen LogP contribution is 2.37. The monoisotopic (exact) mass is 590 g/mol. The average molecular weight is 591 g/mol. The topological polar surface area (TPSA) is 78.7 Å². The number of rotatable bonds is 8. The third-order valence-electron chi connectivity index (χ3n) is 8.40. The van der Waals surface area contributed by atoms with Gasteiger partial charge in [-0.2, -0.15) is 0 Å². The molecule has 44 heavy (non-hydrogen) atoms. The molecule has 0 radical (unpaired) electrons. The van der Waals surface area contributed by atoms with E-state index in [1.165, 1.54) is 31.4 Å². The van der Waals surface area contributed by atoms with Crippen LogP contribution < -0.4 is 4.90 Å². The van der Waals surface area contributed by atoms with Crippen molar-refractivity contribution in [3.05, 3.63) is 114 Å². The summed E-state index contributed by atoms with van der Waals surface area (Å²) in [7, 11) is 3.45. The first-order valence-electron chi connectivity index (χ1n) is 15.0. The van der Waals surface area contributed by atoms with Crippen LogP contribution in [0.2, 0.25) is 0 Å². The summed E-state index contributed by atoms with van der Waals surface area (Å²) in [6, 6.07) is 27.6. The summed E-state index contributed by atoms with van der Waals surface area (Å²) in [6.07, 6.45) is 5.71. The lowest BCUT2D eigenvalue weighted by Gasteiger charge is -2.26. The number of benzene rings is 4. The number of amides is 1. The predicted molar refractivity (Wildman–Crippen MR) is 171 cm³/mol. The predicted octanol–water partition coefficient (Wildman–Crippen LogP) is 8.09. The Bertz CT molecular complexity index is 1790. The van der Waals surface area contributed by atoms with Gasteiger partial charge >= 0.3 is 5.97 Å². The summed E-state index contributed by atoms with van der Waals surface area (Å²) >= 11 is 0. The molecule has 0 aliphatic heterocycles. The number of nitrogens with zero attached hydrogens (tertiary/aromatic N) is 4. The summed E-state index contributed by atoms with van der Waals surface area (Å²) in [5.74, 6) is -0.493. The Kier molecular flexibility index (Phi) is 8.15. The molecule has 6 rings (SSSR count). The molecule has 224 valence electrons. The van der Waals surface area contributed by atoms with Gasteiger partial charge in [0.2, 0.25) is 0 Å². The molecule has 1 amide bonds. The van der Waals surface area contributed by atoms with Crippen molar-refractivity contribution in [3.63, 3.8) is 0 Å². The van der Waals surface area contributed by atoms with E-state index in [2.05, 4.69) is 33.7 Å². The fraction of sp³-hybridized carbons (Fsp3) is 0.250. The Morgan fingerprint density at radius 1 is 0.841 bits per heavy atom. The van der Waals surface area contributed by atoms with Crippen LogP contribution in [-0.2, 0) is 6.54 Å². The lowest BCUT2D eigenvalue weighted by atomic mass is 9.94. The fourth-order valence-corrected chi connectivity index (χ4v) is 6.08. The number of imidazole rings is 1. The van der Waals surface area contributed by atoms with Crippen molar-refractivity contribution in [2.24, 2.45) is 0 Å². The summed E-state index contributed by atoms with van der Waals surface area (Å²) in [5, 5.41) is 9.55. The smallest absolute Gasteiger partial charge is 0.335 e. The normalized spacial score (nSPS) is 13.6. The third kappa shape index (κ3) is 5.93. The molecule has 1 aromatic heterocycles. The van der Waals surface area contributed by atoms with Crippen molar-refractivity contribution in [3.8, 4) is 11.4 Å². The van der Waals surface area contributed by atoms with Crippen LogP contribution in [0.25, 0.3) is 22.4 Å². The maximum Gasteiger partial charge on any atom is 0.335 e. The quantitative estimate of drug-likeness (QED) is 0.198. The van der Waals surface area contributed by atoms with E-state index in [9.17, 15) is 19.1 Å². The number of carboxylic acid groups (broad SMARTS) is 1. The first kappa shape index (κ1) is 29.1. The van der Waals surface area contributed by atoms with Crippen molar-refractivity contribution in [2.75, 3.05) is 19.0 Å². The van der Waals surface area contributed by atoms with Crippen molar-refractivity contribution >= 4 is 34.3 Å². The Labute approximate surface area is 256 Å². The zero-order chi connectivity index (χ0) is 30.8. The molecule has 0 atom stereocenters. The lowest BCUT2D eigenvalue weighted by molar-refractivity contribution is 0.0696. The molecule has 0 bridgehead atoms. The number of hydrogen-bond acceptors (Lipinski definition) is 4. The Morgan fingerprint density at radius 2 is 1.45 bits per heavy atom. The summed E-state index contributed by atoms with van der Waals surface area (Å²) < 4.78 is 16.1. The largest absolute Gasteiger partial charge is 0.478 e. The summed E-state index contributed by atoms with van der Waals surface area (Å²) in [6.45, 7) is 0.522. The van der Waals surface area contributed by atoms with Crippen LogP contribution in [0, 0.1) is 5.82 Å². The molecule has 1 N–H and O–H groups in total. The number of aromatic nitrogens is 2. The first-order valence-corrected chi connectivity index (χ1v) is 15.0. The molecule has 1 saturated carbocycles. The van der Waals surface area contributed by atoms with Crippen LogP contribution in [0.3, 0.4) is 0 Å². The maximum atomic E-state index is 13.8. The molecule has 0 spiro atoms. The van der Waals surface area contributed by atoms with E-state index >= 15 is 0 Å². The van der Waals surface area contributed by atoms with Gasteiger partial charge in [0.25, 0.3) is 5.91 Å². The minimum Gasteiger partial charge on any atom is -0.478 e. The summed E-state index contributed by atoms with van der Waals surface area (Å²) in [4.78, 5) is 32.7. The number of carbonyl (C=O) groups is 2. The number of aromatic carboxylic acids is 1. The number of fused-ring (bicyclic) bond motifs is 1. The fourth-order valence-electron chi connectivity index (χ4n) is 6.08. The molecule has 1 aliphatic rings. The highest BCUT2D eigenvalue weighted by Gasteiger charge is 2.23. The van der Waals surface area contributed by atoms with Gasteiger partial charge < -0.3 is 19.5 Å². The van der Waals surface area contributed by atoms with Crippen LogP contribution in [-0.4, -0.2) is 45.5 Å². The minimum atomic E-state index is -0.963. The molecular formula is C36H35FN4O3. The third-order valence-corrected chi connectivity index (χ3v) is 8.40. The van der Waals surface area contributed by atoms with E-state index < -0.39 is 5.97 Å². The molecule has 1 fully saturated rings. The Hall–Kier alpha value is -4.98. The van der Waals surface area contributed by atoms with Crippen LogP contribution in [0.5, 0.6) is 0 Å². The second-order valence-electron chi connectivity index (χ2n) is 11.6. The maximum absolute atomic E-state index is 13.8. The van der Waals surface area contributed by atoms with Crippen molar-refractivity contribution < 1.29 is 19.1 Å². The second kappa shape index (κ2) is 12.3. The zero-order valence-corrected chi connectivity index (χ0v) is 24.9. The minimum absolute atomic E-state index is 0.0705. The Morgan fingerprint density at radius 3 is 2.07 bits per heavy atom. The standard InChI is InChI=1S/C36H35FN4O3/c1-39(2)35(42)26-12-17-29(18-13-26)40(30-19-15-28(37)16-20-30)23-24-8-10-25(11-9-24)34-38-32-22-27(36(43)44)14-21-33(32)41(34)31-6-4-3-5-7-31/h8-22,31H,3-7,23H2,1-2H3,(H,43,44). The van der Waals surface area contributed by atoms with Gasteiger partial charge in [-0.3, -0.25) is 4.79 Å². The Balaban J connectivity index is 1.34. The molecular weight excluding hydrogens is 555 g/mol. The van der Waals surface area contributed by atoms with Gasteiger partial charge in [0.05, 0.1) is 16.6 Å². The zero-order valence-electron chi connectivity index (χ0n) is 24.9. The van der Waals surface area contributed by atoms with Gasteiger partial charge in [0.15, 0.2) is 0 Å². The number of hydrogen-bond donors (Lipinski definition) is 1. The van der Waals surface area contributed by atoms with Gasteiger partial charge in [-0.15, -0.1) is 0 Å². The van der Waals surface area contributed by atoms with E-state index in [1.807, 2.05) is 30.3 Å². The molecule has 0 unspecified atom stereocenters. The van der Waals surface area contributed by atoms with Crippen LogP contribution in [0.4, 0.5) is 15.8 Å². The first-order chi connectivity index (χ1) is 21.3. The van der Waals surface area contributed by atoms with Crippen LogP contribution >= 0.6 is 0 Å². The van der Waals surface area contributed by atoms with Crippen LogP contribution in [0.15, 0.2) is 91.0 Å². The van der Waals surface area contributed by atoms with Gasteiger partial charge in [-0.25, -0.2) is 14.2 Å². The average Bonchev–Trinajstić information content (AvgIpc) is 3.43. The van der Waals surface area contributed by atoms with E-state index in [0.717, 1.165) is 46.7 Å². The number of anilines is 2. The second-order valence-corrected chi connectivity index (χ2v) is 11.6. The van der Waals surface area contributed by atoms with Gasteiger partial charge in [0.1, 0.15) is 11.6 Å². The number of carbonyl (C=O) groups excluding carboxylic acids is 1. The molecule has 4 aromatic carbocycles. The SMILES string of the molecule is CN(C)C(=O)c1ccc(N(Cc2ccc(-c3nc4cc(C(=O)O)ccc4n3C3CCCCC3)cc2)c2ccc(F)cc2)cc1. The molecule has 5 aromatic rings. The van der Waals surface area contributed by atoms with E-state index in [1.54, 1.807) is 43.3 Å². The lowest BCUT2D eigenvalue weighted by Crippen LogP contribution is -2.22. The van der Waals surface area contributed by atoms with Gasteiger partial charge in [-0.1, -0.05) is 43.5 Å². The van der Waals surface area contributed by atoms with E-state index in [4.69, 9.17) is 4.98 Å². The molecule has 7 nitrogen and oxygen atoms in total. The van der Waals surface area contributed by atoms with E-state index in [-0.39, 0.29) is 17.3 Å². The highest BCUT2D eigenvalue weighted by atomic mass is 19.1. The number of halogens is 1. The van der Waals surface area contributed by atoms with Crippen molar-refractivity contribution in [1.82, 2.24) is 14.5 Å².